The highest BCUT2D eigenvalue weighted by molar-refractivity contribution is 7.71. The van der Waals surface area contributed by atoms with Gasteiger partial charge in [-0.2, -0.15) is 13.2 Å². The lowest BCUT2D eigenvalue weighted by atomic mass is 10.1. The van der Waals surface area contributed by atoms with E-state index in [-0.39, 0.29) is 35.0 Å². The molecule has 10 heteroatoms. The van der Waals surface area contributed by atoms with E-state index in [1.807, 2.05) is 0 Å². The van der Waals surface area contributed by atoms with Crippen LogP contribution in [0.3, 0.4) is 0 Å². The van der Waals surface area contributed by atoms with Crippen LogP contribution in [0.2, 0.25) is 0 Å². The van der Waals surface area contributed by atoms with Gasteiger partial charge in [0.15, 0.2) is 10.5 Å². The molecular weight excluding hydrogens is 359 g/mol. The monoisotopic (exact) mass is 371 g/mol. The molecule has 6 nitrogen and oxygen atoms in total. The normalized spacial score (nSPS) is 12.0. The van der Waals surface area contributed by atoms with Crippen LogP contribution in [0, 0.1) is 4.77 Å². The first-order chi connectivity index (χ1) is 11.8. The number of hydrogen-bond donors (Lipinski definition) is 1. The zero-order chi connectivity index (χ0) is 18.2. The minimum Gasteiger partial charge on any atom is -0.463 e. The van der Waals surface area contributed by atoms with Gasteiger partial charge in [0.05, 0.1) is 30.4 Å². The Morgan fingerprint density at radius 2 is 2.20 bits per heavy atom. The smallest absolute Gasteiger partial charge is 0.417 e. The van der Waals surface area contributed by atoms with Crippen molar-refractivity contribution in [2.45, 2.75) is 12.7 Å². The third kappa shape index (κ3) is 3.22. The van der Waals surface area contributed by atoms with Gasteiger partial charge >= 0.3 is 6.18 Å². The number of ether oxygens (including phenoxy) is 1. The molecule has 25 heavy (non-hydrogen) atoms. The fourth-order valence-electron chi connectivity index (χ4n) is 2.44. The number of H-pyrrole nitrogens is 1. The van der Waals surface area contributed by atoms with Gasteiger partial charge in [0, 0.05) is 7.11 Å². The van der Waals surface area contributed by atoms with E-state index in [1.54, 1.807) is 0 Å². The number of aromatic nitrogens is 3. The molecule has 3 rings (SSSR count). The van der Waals surface area contributed by atoms with Gasteiger partial charge in [0.25, 0.3) is 5.56 Å². The number of aromatic amines is 1. The Morgan fingerprint density at radius 3 is 2.80 bits per heavy atom. The number of pyridine rings is 1. The molecule has 0 unspecified atom stereocenters. The number of alkyl halides is 3. The SMILES string of the molecule is COCCn1c(=S)[nH]c(=O)c2c(C(F)(F)F)cc(-c3ccco3)nc21. The van der Waals surface area contributed by atoms with Crippen molar-refractivity contribution in [3.63, 3.8) is 0 Å². The number of rotatable bonds is 4. The summed E-state index contributed by atoms with van der Waals surface area (Å²) in [5, 5.41) is -0.576. The second-order valence-electron chi connectivity index (χ2n) is 5.13. The summed E-state index contributed by atoms with van der Waals surface area (Å²) in [6.07, 6.45) is -3.43. The molecule has 0 aliphatic carbocycles. The zero-order valence-corrected chi connectivity index (χ0v) is 13.7. The zero-order valence-electron chi connectivity index (χ0n) is 12.9. The Labute approximate surface area is 143 Å². The lowest BCUT2D eigenvalue weighted by Crippen LogP contribution is -2.21. The van der Waals surface area contributed by atoms with E-state index in [2.05, 4.69) is 9.97 Å². The van der Waals surface area contributed by atoms with Crippen molar-refractivity contribution in [1.29, 1.82) is 0 Å². The van der Waals surface area contributed by atoms with Gasteiger partial charge < -0.3 is 13.7 Å². The molecule has 0 amide bonds. The van der Waals surface area contributed by atoms with Crippen molar-refractivity contribution in [1.82, 2.24) is 14.5 Å². The molecule has 1 N–H and O–H groups in total. The van der Waals surface area contributed by atoms with E-state index in [4.69, 9.17) is 21.4 Å². The molecule has 0 bridgehead atoms. The van der Waals surface area contributed by atoms with Crippen molar-refractivity contribution < 1.29 is 22.3 Å². The summed E-state index contributed by atoms with van der Waals surface area (Å²) in [6, 6.07) is 3.81. The summed E-state index contributed by atoms with van der Waals surface area (Å²) in [5.74, 6) is 0.150. The van der Waals surface area contributed by atoms with E-state index in [9.17, 15) is 18.0 Å². The van der Waals surface area contributed by atoms with Crippen LogP contribution in [-0.4, -0.2) is 28.3 Å². The van der Waals surface area contributed by atoms with Crippen LogP contribution >= 0.6 is 12.2 Å². The number of furan rings is 1. The maximum Gasteiger partial charge on any atom is 0.417 e. The molecule has 0 aliphatic heterocycles. The first kappa shape index (κ1) is 17.4. The Kier molecular flexibility index (Phi) is 4.48. The second-order valence-corrected chi connectivity index (χ2v) is 5.52. The first-order valence-corrected chi connectivity index (χ1v) is 7.51. The molecule has 0 aliphatic rings. The maximum absolute atomic E-state index is 13.5. The van der Waals surface area contributed by atoms with Crippen molar-refractivity contribution in [3.8, 4) is 11.5 Å². The van der Waals surface area contributed by atoms with E-state index in [1.165, 1.54) is 30.1 Å². The predicted octanol–water partition coefficient (Wildman–Crippen LogP) is 3.38. The molecule has 0 radical (unpaired) electrons. The van der Waals surface area contributed by atoms with E-state index < -0.39 is 22.7 Å². The second kappa shape index (κ2) is 6.45. The summed E-state index contributed by atoms with van der Waals surface area (Å²) in [7, 11) is 1.44. The Morgan fingerprint density at radius 1 is 1.44 bits per heavy atom. The number of halogens is 3. The highest BCUT2D eigenvalue weighted by Gasteiger charge is 2.35. The average Bonchev–Trinajstić information content (AvgIpc) is 3.07. The lowest BCUT2D eigenvalue weighted by Gasteiger charge is -2.15. The van der Waals surface area contributed by atoms with Crippen molar-refractivity contribution in [2.24, 2.45) is 0 Å². The van der Waals surface area contributed by atoms with Crippen molar-refractivity contribution in [2.75, 3.05) is 13.7 Å². The van der Waals surface area contributed by atoms with Crippen LogP contribution in [-0.2, 0) is 17.5 Å². The largest absolute Gasteiger partial charge is 0.463 e. The summed E-state index contributed by atoms with van der Waals surface area (Å²) < 4.78 is 52.0. The third-order valence-corrected chi connectivity index (χ3v) is 3.87. The van der Waals surface area contributed by atoms with Gasteiger partial charge in [-0.15, -0.1) is 0 Å². The Hall–Kier alpha value is -2.46. The quantitative estimate of drug-likeness (QED) is 0.712. The van der Waals surface area contributed by atoms with Crippen molar-refractivity contribution in [3.05, 3.63) is 45.2 Å². The van der Waals surface area contributed by atoms with E-state index >= 15 is 0 Å². The van der Waals surface area contributed by atoms with E-state index in [0.29, 0.717) is 0 Å². The van der Waals surface area contributed by atoms with Crippen LogP contribution in [0.1, 0.15) is 5.56 Å². The first-order valence-electron chi connectivity index (χ1n) is 7.11. The summed E-state index contributed by atoms with van der Waals surface area (Å²) >= 11 is 5.07. The molecule has 0 atom stereocenters. The number of hydrogen-bond acceptors (Lipinski definition) is 5. The van der Waals surface area contributed by atoms with Crippen molar-refractivity contribution >= 4 is 23.3 Å². The minimum atomic E-state index is -4.75. The molecule has 0 saturated carbocycles. The molecule has 0 saturated heterocycles. The summed E-state index contributed by atoms with van der Waals surface area (Å²) in [5.41, 5.74) is -2.27. The fourth-order valence-corrected chi connectivity index (χ4v) is 2.71. The molecule has 3 aromatic heterocycles. The Bertz CT molecular complexity index is 1020. The topological polar surface area (TPSA) is 73.0 Å². The molecule has 0 fully saturated rings. The van der Waals surface area contributed by atoms with Gasteiger partial charge in [0.2, 0.25) is 0 Å². The lowest BCUT2D eigenvalue weighted by molar-refractivity contribution is -0.136. The van der Waals surface area contributed by atoms with Gasteiger partial charge in [-0.05, 0) is 30.4 Å². The molecular formula is C15H12F3N3O3S. The third-order valence-electron chi connectivity index (χ3n) is 3.55. The highest BCUT2D eigenvalue weighted by Crippen LogP contribution is 2.35. The Balaban J connectivity index is 2.44. The number of methoxy groups -OCH3 is 1. The average molecular weight is 371 g/mol. The van der Waals surface area contributed by atoms with Crippen LogP contribution in [0.25, 0.3) is 22.5 Å². The molecule has 0 aromatic carbocycles. The molecule has 132 valence electrons. The standard InChI is InChI=1S/C15H12F3N3O3S/c1-23-6-4-21-12-11(13(22)20-14(21)25)8(15(16,17)18)7-9(19-12)10-3-2-5-24-10/h2-3,5,7H,4,6H2,1H3,(H,20,22,25). The number of nitrogens with zero attached hydrogens (tertiary/aromatic N) is 2. The van der Waals surface area contributed by atoms with Crippen LogP contribution in [0.15, 0.2) is 33.7 Å². The van der Waals surface area contributed by atoms with Crippen LogP contribution in [0.5, 0.6) is 0 Å². The number of fused-ring (bicyclic) bond motifs is 1. The van der Waals surface area contributed by atoms with Crippen LogP contribution in [0.4, 0.5) is 13.2 Å². The fraction of sp³-hybridized carbons (Fsp3) is 0.267. The molecule has 0 spiro atoms. The highest BCUT2D eigenvalue weighted by atomic mass is 32.1. The maximum atomic E-state index is 13.5. The summed E-state index contributed by atoms with van der Waals surface area (Å²) in [6.45, 7) is 0.317. The van der Waals surface area contributed by atoms with Gasteiger partial charge in [-0.1, -0.05) is 0 Å². The predicted molar refractivity (Wildman–Crippen MR) is 85.8 cm³/mol. The van der Waals surface area contributed by atoms with Crippen LogP contribution < -0.4 is 5.56 Å². The number of nitrogens with one attached hydrogen (secondary N) is 1. The van der Waals surface area contributed by atoms with E-state index in [0.717, 1.165) is 6.07 Å². The van der Waals surface area contributed by atoms with Gasteiger partial charge in [-0.25, -0.2) is 4.98 Å². The summed E-state index contributed by atoms with van der Waals surface area (Å²) in [4.78, 5) is 18.6. The van der Waals surface area contributed by atoms with Gasteiger partial charge in [-0.3, -0.25) is 9.78 Å². The van der Waals surface area contributed by atoms with Gasteiger partial charge in [0.1, 0.15) is 11.3 Å². The minimum absolute atomic E-state index is 0.0354. The molecule has 3 aromatic rings. The molecule has 3 heterocycles.